The quantitative estimate of drug-likeness (QED) is 0.741. The largest absolute Gasteiger partial charge is 0.391 e. The minimum atomic E-state index is -4.19. The first-order valence-corrected chi connectivity index (χ1v) is 6.43. The molecule has 1 aliphatic rings. The van der Waals surface area contributed by atoms with Crippen molar-refractivity contribution in [2.24, 2.45) is 5.92 Å². The Bertz CT molecular complexity index is 304. The van der Waals surface area contributed by atoms with Crippen LogP contribution in [-0.4, -0.2) is 37.7 Å². The number of halogens is 3. The monoisotopic (exact) mass is 245 g/mol. The van der Waals surface area contributed by atoms with E-state index in [-0.39, 0.29) is 31.7 Å². The van der Waals surface area contributed by atoms with Gasteiger partial charge in [0.15, 0.2) is 0 Å². The molecule has 0 saturated carbocycles. The van der Waals surface area contributed by atoms with Crippen LogP contribution in [0.2, 0.25) is 0 Å². The Morgan fingerprint density at radius 2 is 1.73 bits per heavy atom. The summed E-state index contributed by atoms with van der Waals surface area (Å²) in [5.74, 6) is -1.40. The Morgan fingerprint density at radius 1 is 1.27 bits per heavy atom. The second kappa shape index (κ2) is 4.29. The van der Waals surface area contributed by atoms with Gasteiger partial charge in [0.05, 0.1) is 11.7 Å². The van der Waals surface area contributed by atoms with E-state index in [2.05, 4.69) is 0 Å². The summed E-state index contributed by atoms with van der Waals surface area (Å²) < 4.78 is 60.7. The topological polar surface area (TPSA) is 37.4 Å². The lowest BCUT2D eigenvalue weighted by atomic mass is 9.98. The molecule has 15 heavy (non-hydrogen) atoms. The van der Waals surface area contributed by atoms with Crippen molar-refractivity contribution in [2.75, 3.05) is 18.8 Å². The van der Waals surface area contributed by atoms with Crippen LogP contribution in [0.4, 0.5) is 13.2 Å². The smallest absolute Gasteiger partial charge is 0.212 e. The van der Waals surface area contributed by atoms with Gasteiger partial charge in [0.25, 0.3) is 0 Å². The zero-order chi connectivity index (χ0) is 11.7. The molecule has 1 saturated heterocycles. The number of nitrogens with zero attached hydrogens (tertiary/aromatic N) is 1. The molecule has 0 N–H and O–H groups in total. The Morgan fingerprint density at radius 3 is 2.07 bits per heavy atom. The molecule has 0 aromatic carbocycles. The van der Waals surface area contributed by atoms with Crippen molar-refractivity contribution in [3.63, 3.8) is 0 Å². The summed E-state index contributed by atoms with van der Waals surface area (Å²) in [5, 5.41) is 0. The zero-order valence-corrected chi connectivity index (χ0v) is 9.24. The van der Waals surface area contributed by atoms with Gasteiger partial charge in [0.2, 0.25) is 10.0 Å². The summed E-state index contributed by atoms with van der Waals surface area (Å²) in [4.78, 5) is 0. The van der Waals surface area contributed by atoms with Crippen LogP contribution in [0.5, 0.6) is 0 Å². The van der Waals surface area contributed by atoms with Gasteiger partial charge in [-0.05, 0) is 19.8 Å². The highest BCUT2D eigenvalue weighted by Gasteiger charge is 2.42. The average molecular weight is 245 g/mol. The molecule has 1 aliphatic heterocycles. The molecule has 0 aliphatic carbocycles. The number of alkyl halides is 3. The molecule has 1 fully saturated rings. The van der Waals surface area contributed by atoms with Gasteiger partial charge in [-0.3, -0.25) is 0 Å². The van der Waals surface area contributed by atoms with Gasteiger partial charge < -0.3 is 0 Å². The molecule has 0 bridgehead atoms. The lowest BCUT2D eigenvalue weighted by molar-refractivity contribution is -0.182. The number of hydrogen-bond donors (Lipinski definition) is 0. The highest BCUT2D eigenvalue weighted by molar-refractivity contribution is 7.89. The number of rotatable bonds is 2. The molecule has 7 heteroatoms. The van der Waals surface area contributed by atoms with Crippen LogP contribution in [0.3, 0.4) is 0 Å². The van der Waals surface area contributed by atoms with E-state index >= 15 is 0 Å². The van der Waals surface area contributed by atoms with Gasteiger partial charge in [0, 0.05) is 13.1 Å². The summed E-state index contributed by atoms with van der Waals surface area (Å²) in [6.45, 7) is 1.46. The van der Waals surface area contributed by atoms with Crippen molar-refractivity contribution >= 4 is 10.0 Å². The summed E-state index contributed by atoms with van der Waals surface area (Å²) in [6, 6.07) is 0. The molecule has 1 heterocycles. The van der Waals surface area contributed by atoms with E-state index < -0.39 is 22.1 Å². The molecule has 0 aromatic rings. The molecule has 0 spiro atoms. The van der Waals surface area contributed by atoms with Gasteiger partial charge in [-0.1, -0.05) is 0 Å². The summed E-state index contributed by atoms with van der Waals surface area (Å²) >= 11 is 0. The first-order chi connectivity index (χ1) is 6.77. The van der Waals surface area contributed by atoms with E-state index in [9.17, 15) is 21.6 Å². The summed E-state index contributed by atoms with van der Waals surface area (Å²) in [5.41, 5.74) is 0. The molecule has 0 atom stereocenters. The maximum absolute atomic E-state index is 12.3. The third-order valence-corrected chi connectivity index (χ3v) is 4.56. The standard InChI is InChI=1S/C8H14F3NO2S/c1-2-15(13,14)12-5-3-7(4-6-12)8(9,10)11/h7H,2-6H2,1H3. The van der Waals surface area contributed by atoms with Crippen molar-refractivity contribution < 1.29 is 21.6 Å². The maximum Gasteiger partial charge on any atom is 0.391 e. The maximum atomic E-state index is 12.3. The van der Waals surface area contributed by atoms with E-state index in [0.717, 1.165) is 4.31 Å². The van der Waals surface area contributed by atoms with E-state index in [1.807, 2.05) is 0 Å². The highest BCUT2D eigenvalue weighted by atomic mass is 32.2. The van der Waals surface area contributed by atoms with Gasteiger partial charge in [-0.25, -0.2) is 12.7 Å². The minimum absolute atomic E-state index is 0.0135. The summed E-state index contributed by atoms with van der Waals surface area (Å²) in [7, 11) is -3.32. The molecule has 0 unspecified atom stereocenters. The molecule has 0 aromatic heterocycles. The van der Waals surface area contributed by atoms with Crippen LogP contribution in [-0.2, 0) is 10.0 Å². The van der Waals surface area contributed by atoms with E-state index in [4.69, 9.17) is 0 Å². The van der Waals surface area contributed by atoms with E-state index in [1.54, 1.807) is 0 Å². The molecule has 0 radical (unpaired) electrons. The van der Waals surface area contributed by atoms with Crippen LogP contribution in [0.25, 0.3) is 0 Å². The minimum Gasteiger partial charge on any atom is -0.212 e. The zero-order valence-electron chi connectivity index (χ0n) is 8.42. The molecule has 0 amide bonds. The third-order valence-electron chi connectivity index (χ3n) is 2.68. The molecule has 1 rings (SSSR count). The fourth-order valence-corrected chi connectivity index (χ4v) is 2.78. The fraction of sp³-hybridized carbons (Fsp3) is 1.00. The van der Waals surface area contributed by atoms with Gasteiger partial charge in [0.1, 0.15) is 0 Å². The van der Waals surface area contributed by atoms with Gasteiger partial charge >= 0.3 is 6.18 Å². The van der Waals surface area contributed by atoms with Crippen LogP contribution < -0.4 is 0 Å². The Labute approximate surface area is 87.3 Å². The molecular weight excluding hydrogens is 231 g/mol. The van der Waals surface area contributed by atoms with E-state index in [0.29, 0.717) is 0 Å². The van der Waals surface area contributed by atoms with Crippen molar-refractivity contribution in [3.8, 4) is 0 Å². The predicted molar refractivity (Wildman–Crippen MR) is 49.8 cm³/mol. The second-order valence-corrected chi connectivity index (χ2v) is 5.87. The molecular formula is C8H14F3NO2S. The average Bonchev–Trinajstić information content (AvgIpc) is 2.17. The van der Waals surface area contributed by atoms with Crippen LogP contribution in [0.15, 0.2) is 0 Å². The second-order valence-electron chi connectivity index (χ2n) is 3.62. The Hall–Kier alpha value is -0.300. The summed E-state index contributed by atoms with van der Waals surface area (Å²) in [6.07, 6.45) is -4.44. The van der Waals surface area contributed by atoms with Crippen LogP contribution >= 0.6 is 0 Å². The van der Waals surface area contributed by atoms with Gasteiger partial charge in [-0.2, -0.15) is 13.2 Å². The highest BCUT2D eigenvalue weighted by Crippen LogP contribution is 2.34. The van der Waals surface area contributed by atoms with Crippen molar-refractivity contribution in [1.82, 2.24) is 4.31 Å². The normalized spacial score (nSPS) is 21.9. The van der Waals surface area contributed by atoms with Crippen molar-refractivity contribution in [1.29, 1.82) is 0 Å². The number of sulfonamides is 1. The molecule has 90 valence electrons. The number of hydrogen-bond acceptors (Lipinski definition) is 2. The molecule has 3 nitrogen and oxygen atoms in total. The van der Waals surface area contributed by atoms with E-state index in [1.165, 1.54) is 6.92 Å². The van der Waals surface area contributed by atoms with Crippen molar-refractivity contribution in [3.05, 3.63) is 0 Å². The first kappa shape index (κ1) is 12.8. The van der Waals surface area contributed by atoms with Crippen LogP contribution in [0, 0.1) is 5.92 Å². The van der Waals surface area contributed by atoms with Crippen molar-refractivity contribution in [2.45, 2.75) is 25.9 Å². The fourth-order valence-electron chi connectivity index (χ4n) is 1.64. The SMILES string of the molecule is CCS(=O)(=O)N1CCC(C(F)(F)F)CC1. The third kappa shape index (κ3) is 3.07. The Kier molecular flexibility index (Phi) is 3.65. The Balaban J connectivity index is 2.57. The lowest BCUT2D eigenvalue weighted by Gasteiger charge is -2.31. The first-order valence-electron chi connectivity index (χ1n) is 4.82. The van der Waals surface area contributed by atoms with Crippen LogP contribution in [0.1, 0.15) is 19.8 Å². The number of piperidine rings is 1. The lowest BCUT2D eigenvalue weighted by Crippen LogP contribution is -2.42. The van der Waals surface area contributed by atoms with Gasteiger partial charge in [-0.15, -0.1) is 0 Å². The predicted octanol–water partition coefficient (Wildman–Crippen LogP) is 1.61.